The number of nitrogens with zero attached hydrogens (tertiary/aromatic N) is 4. The number of carbonyl (C=O) groups is 1. The predicted octanol–water partition coefficient (Wildman–Crippen LogP) is 2.25. The first-order valence-electron chi connectivity index (χ1n) is 13.9. The van der Waals surface area contributed by atoms with Crippen LogP contribution in [0.5, 0.6) is 0 Å². The highest BCUT2D eigenvalue weighted by molar-refractivity contribution is 8.01. The molecule has 1 amide bonds. The predicted molar refractivity (Wildman–Crippen MR) is 142 cm³/mol. The summed E-state index contributed by atoms with van der Waals surface area (Å²) < 4.78 is 75.9. The van der Waals surface area contributed by atoms with Gasteiger partial charge in [-0.25, -0.2) is 26.6 Å². The highest BCUT2D eigenvalue weighted by Gasteiger charge is 2.54. The summed E-state index contributed by atoms with van der Waals surface area (Å²) >= 11 is 0.709. The first-order chi connectivity index (χ1) is 20.2. The number of rotatable bonds is 9. The molecular weight excluding hydrogens is 603 g/mol. The number of aliphatic hydroxyl groups excluding tert-OH is 3. The lowest BCUT2D eigenvalue weighted by atomic mass is 9.80. The molecule has 4 N–H and O–H groups in total. The van der Waals surface area contributed by atoms with Crippen molar-refractivity contribution in [1.82, 2.24) is 19.9 Å². The fourth-order valence-corrected chi connectivity index (χ4v) is 7.17. The summed E-state index contributed by atoms with van der Waals surface area (Å²) in [4.78, 5) is 15.1. The van der Waals surface area contributed by atoms with Crippen LogP contribution < -0.4 is 0 Å². The van der Waals surface area contributed by atoms with Crippen molar-refractivity contribution < 1.29 is 51.9 Å². The summed E-state index contributed by atoms with van der Waals surface area (Å²) in [5.41, 5.74) is -3.53. The molecule has 3 fully saturated rings. The van der Waals surface area contributed by atoms with Gasteiger partial charge in [-0.05, 0) is 43.7 Å². The minimum absolute atomic E-state index is 0.124. The molecule has 2 saturated carbocycles. The topological polar surface area (TPSA) is 141 Å². The zero-order valence-corrected chi connectivity index (χ0v) is 23.9. The van der Waals surface area contributed by atoms with Gasteiger partial charge in [0.05, 0.1) is 18.4 Å². The Morgan fingerprint density at radius 2 is 1.77 bits per heavy atom. The molecule has 1 saturated heterocycles. The van der Waals surface area contributed by atoms with Crippen LogP contribution >= 0.6 is 11.8 Å². The summed E-state index contributed by atoms with van der Waals surface area (Å²) in [6.45, 7) is -0.322. The van der Waals surface area contributed by atoms with Crippen LogP contribution in [-0.4, -0.2) is 107 Å². The van der Waals surface area contributed by atoms with E-state index in [1.165, 1.54) is 4.90 Å². The fraction of sp³-hybridized carbons (Fsp3) is 0.667. The maximum Gasteiger partial charge on any atom is 0.248 e. The molecule has 5 rings (SSSR count). The molecule has 10 nitrogen and oxygen atoms in total. The van der Waals surface area contributed by atoms with Crippen molar-refractivity contribution in [2.75, 3.05) is 20.2 Å². The molecule has 1 aromatic carbocycles. The molecule has 3 aliphatic rings. The Labute approximate surface area is 247 Å². The van der Waals surface area contributed by atoms with Crippen LogP contribution in [0.15, 0.2) is 18.3 Å². The van der Waals surface area contributed by atoms with E-state index < -0.39 is 89.4 Å². The van der Waals surface area contributed by atoms with E-state index in [-0.39, 0.29) is 24.1 Å². The Morgan fingerprint density at radius 1 is 1.14 bits per heavy atom. The SMILES string of the molecule is CN(CC1CC1)C(=O)[C@H](S[C@@H]1O[C@H](CO)[C@H](O)[C@H](n2cc(-c3cc(F)c(F)c(F)c3)nn2)[C@H]1O)C1(O)CCC(F)(F)CC1. The van der Waals surface area contributed by atoms with Crippen LogP contribution in [0.25, 0.3) is 11.3 Å². The molecule has 16 heteroatoms. The molecule has 1 aromatic heterocycles. The Morgan fingerprint density at radius 3 is 2.35 bits per heavy atom. The third kappa shape index (κ3) is 6.68. The lowest BCUT2D eigenvalue weighted by Crippen LogP contribution is -2.58. The van der Waals surface area contributed by atoms with Crippen molar-refractivity contribution in [3.05, 3.63) is 35.8 Å². The number of benzene rings is 1. The van der Waals surface area contributed by atoms with E-state index in [0.717, 1.165) is 23.7 Å². The quantitative estimate of drug-likeness (QED) is 0.241. The van der Waals surface area contributed by atoms with Crippen molar-refractivity contribution >= 4 is 17.7 Å². The second-order valence-electron chi connectivity index (χ2n) is 11.7. The highest BCUT2D eigenvalue weighted by Crippen LogP contribution is 2.47. The molecule has 238 valence electrons. The minimum Gasteiger partial charge on any atom is -0.394 e. The molecule has 0 bridgehead atoms. The van der Waals surface area contributed by atoms with Crippen LogP contribution in [0.4, 0.5) is 22.0 Å². The first-order valence-corrected chi connectivity index (χ1v) is 14.9. The molecule has 2 aromatic rings. The molecule has 2 heterocycles. The Kier molecular flexibility index (Phi) is 9.09. The zero-order valence-electron chi connectivity index (χ0n) is 23.1. The van der Waals surface area contributed by atoms with Gasteiger partial charge in [-0.2, -0.15) is 0 Å². The molecule has 1 aliphatic heterocycles. The average Bonchev–Trinajstić information content (AvgIpc) is 3.65. The fourth-order valence-electron chi connectivity index (χ4n) is 5.59. The molecule has 43 heavy (non-hydrogen) atoms. The Hall–Kier alpha value is -2.37. The third-order valence-corrected chi connectivity index (χ3v) is 9.95. The van der Waals surface area contributed by atoms with Gasteiger partial charge in [-0.3, -0.25) is 4.79 Å². The largest absolute Gasteiger partial charge is 0.394 e. The van der Waals surface area contributed by atoms with Crippen LogP contribution in [0, 0.1) is 23.4 Å². The molecule has 0 unspecified atom stereocenters. The molecular formula is C27H33F5N4O6S. The molecule has 0 spiro atoms. The normalized spacial score (nSPS) is 29.3. The second kappa shape index (κ2) is 12.2. The summed E-state index contributed by atoms with van der Waals surface area (Å²) in [6.07, 6.45) is -3.57. The van der Waals surface area contributed by atoms with E-state index in [4.69, 9.17) is 4.74 Å². The lowest BCUT2D eigenvalue weighted by Gasteiger charge is -2.46. The Balaban J connectivity index is 1.43. The number of amides is 1. The summed E-state index contributed by atoms with van der Waals surface area (Å²) in [5, 5.41) is 50.2. The van der Waals surface area contributed by atoms with E-state index >= 15 is 0 Å². The third-order valence-electron chi connectivity index (χ3n) is 8.38. The first kappa shape index (κ1) is 32.0. The summed E-state index contributed by atoms with van der Waals surface area (Å²) in [5.74, 6) is -7.84. The van der Waals surface area contributed by atoms with Crippen molar-refractivity contribution in [3.8, 4) is 11.3 Å². The maximum atomic E-state index is 14.0. The van der Waals surface area contributed by atoms with Gasteiger partial charge in [-0.1, -0.05) is 5.21 Å². The van der Waals surface area contributed by atoms with Gasteiger partial charge in [0, 0.05) is 32.0 Å². The standard InChI is InChI=1S/C27H33F5N4O6S/c1-35(10-13-2-3-13)24(40)23(26(41)4-6-27(31,32)7-5-26)43-25-22(39)20(21(38)18(12-37)42-25)36-11-17(33-34-36)14-8-15(28)19(30)16(29)9-14/h8-9,11,13,18,20-23,25,37-39,41H,2-7,10,12H2,1H3/t18-,20+,21+,22-,23+,25+/m1/s1. The van der Waals surface area contributed by atoms with Gasteiger partial charge in [0.1, 0.15) is 40.7 Å². The van der Waals surface area contributed by atoms with Gasteiger partial charge in [0.2, 0.25) is 11.8 Å². The van der Waals surface area contributed by atoms with Gasteiger partial charge in [0.15, 0.2) is 17.5 Å². The van der Waals surface area contributed by atoms with E-state index in [2.05, 4.69) is 10.3 Å². The lowest BCUT2D eigenvalue weighted by molar-refractivity contribution is -0.179. The number of hydrogen-bond donors (Lipinski definition) is 4. The van der Waals surface area contributed by atoms with Crippen LogP contribution in [0.3, 0.4) is 0 Å². The number of aliphatic hydroxyl groups is 4. The van der Waals surface area contributed by atoms with Gasteiger partial charge in [-0.15, -0.1) is 16.9 Å². The average molecular weight is 637 g/mol. The molecule has 6 atom stereocenters. The van der Waals surface area contributed by atoms with Crippen molar-refractivity contribution in [3.63, 3.8) is 0 Å². The highest BCUT2D eigenvalue weighted by atomic mass is 32.2. The number of hydrogen-bond acceptors (Lipinski definition) is 9. The summed E-state index contributed by atoms with van der Waals surface area (Å²) in [6, 6.07) is 0.0216. The summed E-state index contributed by atoms with van der Waals surface area (Å²) in [7, 11) is 1.55. The van der Waals surface area contributed by atoms with Crippen molar-refractivity contribution in [1.29, 1.82) is 0 Å². The number of thioether (sulfide) groups is 1. The van der Waals surface area contributed by atoms with Gasteiger partial charge < -0.3 is 30.1 Å². The number of carbonyl (C=O) groups excluding carboxylic acids is 1. The van der Waals surface area contributed by atoms with E-state index in [1.807, 2.05) is 0 Å². The van der Waals surface area contributed by atoms with Crippen molar-refractivity contribution in [2.45, 2.75) is 85.1 Å². The van der Waals surface area contributed by atoms with Crippen molar-refractivity contribution in [2.24, 2.45) is 5.92 Å². The number of alkyl halides is 2. The van der Waals surface area contributed by atoms with E-state index in [1.54, 1.807) is 7.05 Å². The molecule has 0 radical (unpaired) electrons. The number of ether oxygens (including phenoxy) is 1. The van der Waals surface area contributed by atoms with Gasteiger partial charge in [0.25, 0.3) is 0 Å². The minimum atomic E-state index is -3.00. The smallest absolute Gasteiger partial charge is 0.248 e. The van der Waals surface area contributed by atoms with Gasteiger partial charge >= 0.3 is 0 Å². The van der Waals surface area contributed by atoms with E-state index in [0.29, 0.717) is 36.4 Å². The zero-order chi connectivity index (χ0) is 31.3. The molecule has 2 aliphatic carbocycles. The maximum absolute atomic E-state index is 14.0. The number of aromatic nitrogens is 3. The van der Waals surface area contributed by atoms with E-state index in [9.17, 15) is 47.2 Å². The number of halogens is 5. The van der Waals surface area contributed by atoms with Crippen LogP contribution in [0.2, 0.25) is 0 Å². The monoisotopic (exact) mass is 636 g/mol. The second-order valence-corrected chi connectivity index (χ2v) is 12.9. The Bertz CT molecular complexity index is 1300. The van der Waals surface area contributed by atoms with Crippen LogP contribution in [0.1, 0.15) is 44.6 Å². The van der Waals surface area contributed by atoms with Crippen LogP contribution in [-0.2, 0) is 9.53 Å².